The van der Waals surface area contributed by atoms with Crippen LogP contribution in [0.3, 0.4) is 0 Å². The molecule has 0 radical (unpaired) electrons. The Kier molecular flexibility index (Phi) is 6.50. The Morgan fingerprint density at radius 1 is 1.35 bits per heavy atom. The molecule has 26 heavy (non-hydrogen) atoms. The van der Waals surface area contributed by atoms with E-state index >= 15 is 0 Å². The number of piperidine rings is 1. The van der Waals surface area contributed by atoms with Crippen molar-refractivity contribution in [2.24, 2.45) is 0 Å². The maximum absolute atomic E-state index is 12.6. The van der Waals surface area contributed by atoms with E-state index < -0.39 is 10.0 Å². The van der Waals surface area contributed by atoms with Crippen molar-refractivity contribution in [3.63, 3.8) is 0 Å². The summed E-state index contributed by atoms with van der Waals surface area (Å²) in [5.74, 6) is 0. The van der Waals surface area contributed by atoms with E-state index in [9.17, 15) is 8.42 Å². The molecule has 0 saturated carbocycles. The van der Waals surface area contributed by atoms with Gasteiger partial charge >= 0.3 is 0 Å². The zero-order valence-corrected chi connectivity index (χ0v) is 18.1. The van der Waals surface area contributed by atoms with E-state index in [4.69, 9.17) is 0 Å². The van der Waals surface area contributed by atoms with Crippen LogP contribution in [0.1, 0.15) is 43.2 Å². The van der Waals surface area contributed by atoms with Crippen molar-refractivity contribution in [1.29, 1.82) is 0 Å². The number of hydrogen-bond donors (Lipinski definition) is 1. The van der Waals surface area contributed by atoms with Gasteiger partial charge in [0.2, 0.25) is 10.0 Å². The second kappa shape index (κ2) is 8.48. The molecule has 0 amide bonds. The lowest BCUT2D eigenvalue weighted by atomic mass is 10.0. The predicted molar refractivity (Wildman–Crippen MR) is 110 cm³/mol. The van der Waals surface area contributed by atoms with Crippen LogP contribution < -0.4 is 4.72 Å². The lowest BCUT2D eigenvalue weighted by molar-refractivity contribution is 0.147. The number of nitrogens with one attached hydrogen (secondary N) is 1. The number of aryl methyl sites for hydroxylation is 2. The van der Waals surface area contributed by atoms with Crippen LogP contribution in [-0.2, 0) is 10.0 Å². The second-order valence-electron chi connectivity index (χ2n) is 6.81. The van der Waals surface area contributed by atoms with Crippen molar-refractivity contribution in [1.82, 2.24) is 14.6 Å². The van der Waals surface area contributed by atoms with Gasteiger partial charge in [-0.3, -0.25) is 4.90 Å². The molecular weight excluding hydrogens is 386 g/mol. The minimum absolute atomic E-state index is 0.365. The first-order valence-corrected chi connectivity index (χ1v) is 12.4. The number of aromatic nitrogens is 1. The summed E-state index contributed by atoms with van der Waals surface area (Å²) < 4.78 is 28.3. The van der Waals surface area contributed by atoms with Gasteiger partial charge in [0, 0.05) is 35.0 Å². The zero-order valence-electron chi connectivity index (χ0n) is 15.6. The van der Waals surface area contributed by atoms with Gasteiger partial charge in [-0.2, -0.15) is 0 Å². The van der Waals surface area contributed by atoms with Crippen LogP contribution in [0.5, 0.6) is 0 Å². The predicted octanol–water partition coefficient (Wildman–Crippen LogP) is 4.03. The molecule has 0 aliphatic carbocycles. The smallest absolute Gasteiger partial charge is 0.250 e. The third-order valence-corrected chi connectivity index (χ3v) is 9.05. The fourth-order valence-corrected chi connectivity index (χ4v) is 6.58. The lowest BCUT2D eigenvalue weighted by Gasteiger charge is -2.35. The first kappa shape index (κ1) is 19.9. The van der Waals surface area contributed by atoms with E-state index in [0.29, 0.717) is 16.8 Å². The van der Waals surface area contributed by atoms with E-state index in [0.717, 1.165) is 35.8 Å². The lowest BCUT2D eigenvalue weighted by Crippen LogP contribution is -2.43. The minimum Gasteiger partial charge on any atom is -0.299 e. The van der Waals surface area contributed by atoms with Crippen molar-refractivity contribution in [2.45, 2.75) is 56.7 Å². The van der Waals surface area contributed by atoms with Crippen LogP contribution in [0, 0.1) is 13.8 Å². The largest absolute Gasteiger partial charge is 0.299 e. The van der Waals surface area contributed by atoms with Gasteiger partial charge in [0.05, 0.1) is 5.69 Å². The molecule has 2 aromatic rings. The fraction of sp³-hybridized carbons (Fsp3) is 0.611. The summed E-state index contributed by atoms with van der Waals surface area (Å²) in [6, 6.07) is 2.33. The van der Waals surface area contributed by atoms with Crippen LogP contribution in [0.2, 0.25) is 0 Å². The number of sulfonamides is 1. The summed E-state index contributed by atoms with van der Waals surface area (Å²) in [5, 5.41) is 2.76. The Balaban J connectivity index is 1.61. The third kappa shape index (κ3) is 4.54. The number of likely N-dealkylation sites (tertiary alicyclic amines) is 1. The Hall–Kier alpha value is -0.800. The van der Waals surface area contributed by atoms with Gasteiger partial charge in [-0.25, -0.2) is 18.1 Å². The molecule has 1 atom stereocenters. The number of nitrogens with zero attached hydrogens (tertiary/aromatic N) is 2. The monoisotopic (exact) mass is 413 g/mol. The highest BCUT2D eigenvalue weighted by Crippen LogP contribution is 2.32. The Labute approximate surface area is 164 Å². The molecular formula is C18H27N3O2S3. The second-order valence-corrected chi connectivity index (χ2v) is 10.9. The number of thiazole rings is 1. The zero-order chi connectivity index (χ0) is 18.7. The highest BCUT2D eigenvalue weighted by Gasteiger charge is 2.22. The normalized spacial score (nSPS) is 19.1. The van der Waals surface area contributed by atoms with Gasteiger partial charge in [0.1, 0.15) is 9.22 Å². The SMILES string of the molecule is CC[C@@H]1CCCCN1CCNS(=O)(=O)c1cc(-c2nc(C)c(C)s2)cs1. The van der Waals surface area contributed by atoms with Crippen LogP contribution >= 0.6 is 22.7 Å². The third-order valence-electron chi connectivity index (χ3n) is 5.03. The highest BCUT2D eigenvalue weighted by atomic mass is 32.2. The molecule has 1 aliphatic heterocycles. The Bertz CT molecular complexity index is 822. The maximum atomic E-state index is 12.6. The molecule has 2 aromatic heterocycles. The van der Waals surface area contributed by atoms with Crippen LogP contribution in [0.15, 0.2) is 15.7 Å². The summed E-state index contributed by atoms with van der Waals surface area (Å²) in [5.41, 5.74) is 1.89. The molecule has 0 spiro atoms. The fourth-order valence-electron chi connectivity index (χ4n) is 3.38. The van der Waals surface area contributed by atoms with E-state index in [1.165, 1.54) is 35.5 Å². The van der Waals surface area contributed by atoms with E-state index in [1.807, 2.05) is 19.2 Å². The molecule has 5 nitrogen and oxygen atoms in total. The molecule has 3 heterocycles. The quantitative estimate of drug-likeness (QED) is 0.744. The maximum Gasteiger partial charge on any atom is 0.250 e. The van der Waals surface area contributed by atoms with Gasteiger partial charge < -0.3 is 0 Å². The Morgan fingerprint density at radius 2 is 2.15 bits per heavy atom. The van der Waals surface area contributed by atoms with Crippen molar-refractivity contribution in [3.8, 4) is 10.6 Å². The first-order valence-electron chi connectivity index (χ1n) is 9.17. The molecule has 8 heteroatoms. The van der Waals surface area contributed by atoms with E-state index in [-0.39, 0.29) is 0 Å². The molecule has 144 valence electrons. The molecule has 1 fully saturated rings. The molecule has 0 bridgehead atoms. The van der Waals surface area contributed by atoms with E-state index in [2.05, 4.69) is 21.5 Å². The van der Waals surface area contributed by atoms with Crippen molar-refractivity contribution < 1.29 is 8.42 Å². The van der Waals surface area contributed by atoms with Crippen LogP contribution in [0.4, 0.5) is 0 Å². The van der Waals surface area contributed by atoms with Gasteiger partial charge in [0.15, 0.2) is 0 Å². The Morgan fingerprint density at radius 3 is 2.85 bits per heavy atom. The molecule has 3 rings (SSSR count). The van der Waals surface area contributed by atoms with Crippen LogP contribution in [0.25, 0.3) is 10.6 Å². The highest BCUT2D eigenvalue weighted by molar-refractivity contribution is 7.91. The van der Waals surface area contributed by atoms with Crippen molar-refractivity contribution in [3.05, 3.63) is 22.0 Å². The molecule has 1 N–H and O–H groups in total. The number of thiophene rings is 1. The number of rotatable bonds is 7. The van der Waals surface area contributed by atoms with E-state index in [1.54, 1.807) is 17.4 Å². The average Bonchev–Trinajstić information content (AvgIpc) is 3.23. The van der Waals surface area contributed by atoms with Gasteiger partial charge in [-0.1, -0.05) is 13.3 Å². The summed E-state index contributed by atoms with van der Waals surface area (Å²) in [6.07, 6.45) is 4.86. The average molecular weight is 414 g/mol. The summed E-state index contributed by atoms with van der Waals surface area (Å²) in [6.45, 7) is 8.54. The summed E-state index contributed by atoms with van der Waals surface area (Å²) in [4.78, 5) is 8.11. The molecule has 1 aliphatic rings. The minimum atomic E-state index is -3.46. The van der Waals surface area contributed by atoms with Crippen molar-refractivity contribution in [2.75, 3.05) is 19.6 Å². The van der Waals surface area contributed by atoms with Crippen molar-refractivity contribution >= 4 is 32.7 Å². The van der Waals surface area contributed by atoms with Crippen LogP contribution in [-0.4, -0.2) is 44.0 Å². The number of hydrogen-bond acceptors (Lipinski definition) is 6. The molecule has 0 unspecified atom stereocenters. The summed E-state index contributed by atoms with van der Waals surface area (Å²) >= 11 is 2.86. The van der Waals surface area contributed by atoms with Gasteiger partial charge in [-0.05, 0) is 45.7 Å². The molecule has 1 saturated heterocycles. The first-order chi connectivity index (χ1) is 12.4. The van der Waals surface area contributed by atoms with Gasteiger partial charge in [0.25, 0.3) is 0 Å². The van der Waals surface area contributed by atoms with Gasteiger partial charge in [-0.15, -0.1) is 22.7 Å². The molecule has 0 aromatic carbocycles. The topological polar surface area (TPSA) is 62.3 Å². The standard InChI is InChI=1S/C18H27N3O2S3/c1-4-16-7-5-6-9-21(16)10-8-19-26(22,23)17-11-15(12-24-17)18-20-13(2)14(3)25-18/h11-12,16,19H,4-10H2,1-3H3/t16-/m1/s1. The summed E-state index contributed by atoms with van der Waals surface area (Å²) in [7, 11) is -3.46.